The molecule has 0 aromatic heterocycles. The summed E-state index contributed by atoms with van der Waals surface area (Å²) in [4.78, 5) is 0. The monoisotopic (exact) mass is 204 g/mol. The van der Waals surface area contributed by atoms with Gasteiger partial charge >= 0.3 is 64.1 Å². The second-order valence-electron chi connectivity index (χ2n) is 2.10. The minimum atomic E-state index is -0.167. The molecule has 1 aromatic carbocycles. The summed E-state index contributed by atoms with van der Waals surface area (Å²) in [5.41, 5.74) is 1.01. The topological polar surface area (TPSA) is 9.23 Å². The van der Waals surface area contributed by atoms with Gasteiger partial charge in [0, 0.05) is 0 Å². The van der Waals surface area contributed by atoms with E-state index >= 15 is 0 Å². The van der Waals surface area contributed by atoms with Crippen LogP contribution in [0.4, 0.5) is 4.39 Å². The van der Waals surface area contributed by atoms with E-state index in [9.17, 15) is 4.39 Å². The molecule has 0 aliphatic carbocycles. The van der Waals surface area contributed by atoms with Gasteiger partial charge in [-0.25, -0.2) is 0 Å². The van der Waals surface area contributed by atoms with E-state index in [1.165, 1.54) is 10.5 Å². The van der Waals surface area contributed by atoms with E-state index < -0.39 is 0 Å². The Kier molecular flexibility index (Phi) is 1.49. The fourth-order valence-corrected chi connectivity index (χ4v) is 2.29. The van der Waals surface area contributed by atoms with Crippen LogP contribution in [0.25, 0.3) is 0 Å². The fourth-order valence-electron chi connectivity index (χ4n) is 0.899. The van der Waals surface area contributed by atoms with Gasteiger partial charge in [0.2, 0.25) is 0 Å². The summed E-state index contributed by atoms with van der Waals surface area (Å²) >= 11 is 0.128. The Hall–Kier alpha value is -0.371. The van der Waals surface area contributed by atoms with Crippen molar-refractivity contribution in [2.45, 2.75) is 6.61 Å². The van der Waals surface area contributed by atoms with E-state index in [1.54, 1.807) is 12.1 Å². The third-order valence-electron chi connectivity index (χ3n) is 1.39. The van der Waals surface area contributed by atoms with Crippen molar-refractivity contribution in [1.82, 2.24) is 0 Å². The zero-order valence-corrected chi connectivity index (χ0v) is 6.85. The summed E-state index contributed by atoms with van der Waals surface area (Å²) in [5.74, 6) is -0.167. The molecule has 1 nitrogen and oxygen atoms in total. The van der Waals surface area contributed by atoms with E-state index in [1.807, 2.05) is 0 Å². The molecule has 0 bridgehead atoms. The number of hydrogen-bond donors (Lipinski definition) is 0. The van der Waals surface area contributed by atoms with Gasteiger partial charge in [-0.15, -0.1) is 0 Å². The molecule has 1 heterocycles. The van der Waals surface area contributed by atoms with Gasteiger partial charge in [0.15, 0.2) is 0 Å². The van der Waals surface area contributed by atoms with Crippen LogP contribution >= 0.6 is 0 Å². The van der Waals surface area contributed by atoms with Crippen LogP contribution in [0.15, 0.2) is 18.2 Å². The first-order valence-corrected chi connectivity index (χ1v) is 4.50. The molecule has 1 aromatic rings. The van der Waals surface area contributed by atoms with Gasteiger partial charge in [0.05, 0.1) is 0 Å². The Balaban J connectivity index is 2.52. The van der Waals surface area contributed by atoms with Crippen LogP contribution in [0.1, 0.15) is 5.56 Å². The minimum absolute atomic E-state index is 0.128. The van der Waals surface area contributed by atoms with E-state index in [4.69, 9.17) is 3.82 Å². The van der Waals surface area contributed by atoms with Crippen LogP contribution in [0.2, 0.25) is 0 Å². The second kappa shape index (κ2) is 2.35. The first-order chi connectivity index (χ1) is 4.86. The van der Waals surface area contributed by atoms with Crippen LogP contribution in [0.3, 0.4) is 0 Å². The molecule has 0 saturated carbocycles. The molecule has 10 heavy (non-hydrogen) atoms. The molecule has 1 aliphatic rings. The summed E-state index contributed by atoms with van der Waals surface area (Å²) < 4.78 is 18.9. The normalized spacial score (nSPS) is 15.3. The second-order valence-corrected chi connectivity index (χ2v) is 3.86. The molecular formula is C7H5FOSe. The predicted octanol–water partition coefficient (Wildman–Crippen LogP) is 0.600. The SMILES string of the molecule is Fc1ccc2c(c1)CO[Se]2. The zero-order valence-electron chi connectivity index (χ0n) is 5.13. The molecular weight excluding hydrogens is 198 g/mol. The molecule has 0 atom stereocenters. The predicted molar refractivity (Wildman–Crippen MR) is 36.6 cm³/mol. The van der Waals surface area contributed by atoms with Crippen molar-refractivity contribution in [3.8, 4) is 0 Å². The summed E-state index contributed by atoms with van der Waals surface area (Å²) in [6.45, 7) is 0.590. The van der Waals surface area contributed by atoms with E-state index in [2.05, 4.69) is 0 Å². The summed E-state index contributed by atoms with van der Waals surface area (Å²) in [6, 6.07) is 4.83. The maximum absolute atomic E-state index is 12.5. The quantitative estimate of drug-likeness (QED) is 0.561. The van der Waals surface area contributed by atoms with Gasteiger partial charge < -0.3 is 0 Å². The number of halogens is 1. The molecule has 0 radical (unpaired) electrons. The fraction of sp³-hybridized carbons (Fsp3) is 0.143. The Morgan fingerprint density at radius 1 is 1.50 bits per heavy atom. The molecule has 3 heteroatoms. The number of hydrogen-bond acceptors (Lipinski definition) is 1. The summed E-state index contributed by atoms with van der Waals surface area (Å²) in [5, 5.41) is 0. The van der Waals surface area contributed by atoms with E-state index in [-0.39, 0.29) is 21.1 Å². The van der Waals surface area contributed by atoms with Crippen molar-refractivity contribution in [2.24, 2.45) is 0 Å². The molecule has 2 rings (SSSR count). The van der Waals surface area contributed by atoms with E-state index in [0.717, 1.165) is 5.56 Å². The number of benzene rings is 1. The first kappa shape index (κ1) is 6.35. The van der Waals surface area contributed by atoms with Crippen molar-refractivity contribution in [3.05, 3.63) is 29.6 Å². The Morgan fingerprint density at radius 2 is 2.40 bits per heavy atom. The Labute approximate surface area is 64.7 Å². The molecule has 0 amide bonds. The van der Waals surface area contributed by atoms with Crippen LogP contribution < -0.4 is 4.46 Å². The van der Waals surface area contributed by atoms with Crippen molar-refractivity contribution < 1.29 is 8.21 Å². The van der Waals surface area contributed by atoms with E-state index in [0.29, 0.717) is 6.61 Å². The third kappa shape index (κ3) is 0.966. The Bertz CT molecular complexity index is 262. The molecule has 0 spiro atoms. The van der Waals surface area contributed by atoms with Gasteiger partial charge in [-0.3, -0.25) is 0 Å². The third-order valence-corrected chi connectivity index (χ3v) is 3.09. The molecule has 0 N–H and O–H groups in total. The van der Waals surface area contributed by atoms with Gasteiger partial charge in [-0.05, 0) is 0 Å². The maximum atomic E-state index is 12.5. The van der Waals surface area contributed by atoms with Gasteiger partial charge in [-0.1, -0.05) is 0 Å². The molecule has 0 fully saturated rings. The molecule has 1 aliphatic heterocycles. The van der Waals surface area contributed by atoms with Gasteiger partial charge in [-0.2, -0.15) is 0 Å². The van der Waals surface area contributed by atoms with Crippen LogP contribution in [0.5, 0.6) is 0 Å². The average Bonchev–Trinajstić information content (AvgIpc) is 2.33. The first-order valence-electron chi connectivity index (χ1n) is 2.94. The molecule has 0 saturated heterocycles. The average molecular weight is 203 g/mol. The standard InChI is InChI=1S/C7H5FOSe/c8-6-1-2-7-5(3-6)4-9-10-7/h1-3H,4H2. The summed E-state index contributed by atoms with van der Waals surface area (Å²) in [7, 11) is 0. The van der Waals surface area contributed by atoms with Crippen LogP contribution in [0, 0.1) is 5.82 Å². The summed E-state index contributed by atoms with van der Waals surface area (Å²) in [6.07, 6.45) is 0. The van der Waals surface area contributed by atoms with Crippen molar-refractivity contribution >= 4 is 19.7 Å². The Morgan fingerprint density at radius 3 is 3.30 bits per heavy atom. The number of rotatable bonds is 0. The van der Waals surface area contributed by atoms with Crippen molar-refractivity contribution in [2.75, 3.05) is 0 Å². The molecule has 52 valence electrons. The van der Waals surface area contributed by atoms with Crippen LogP contribution in [-0.2, 0) is 10.4 Å². The van der Waals surface area contributed by atoms with Gasteiger partial charge in [0.1, 0.15) is 0 Å². The number of fused-ring (bicyclic) bond motifs is 1. The van der Waals surface area contributed by atoms with Crippen LogP contribution in [-0.4, -0.2) is 15.3 Å². The zero-order chi connectivity index (χ0) is 6.97. The van der Waals surface area contributed by atoms with Gasteiger partial charge in [0.25, 0.3) is 0 Å². The molecule has 0 unspecified atom stereocenters. The van der Waals surface area contributed by atoms with Crippen molar-refractivity contribution in [1.29, 1.82) is 0 Å². The van der Waals surface area contributed by atoms with Crippen molar-refractivity contribution in [3.63, 3.8) is 0 Å².